The fraction of sp³-hybridized carbons (Fsp3) is 0.429. The van der Waals surface area contributed by atoms with Gasteiger partial charge in [0.25, 0.3) is 11.1 Å². The third-order valence-corrected chi connectivity index (χ3v) is 14.5. The molecule has 7 heterocycles. The van der Waals surface area contributed by atoms with Crippen LogP contribution in [0.5, 0.6) is 0 Å². The average molecular weight is 1060 g/mol. The maximum Gasteiger partial charge on any atom is 0.494 e. The molecule has 3 unspecified atom stereocenters. The monoisotopic (exact) mass is 1060 g/mol. The van der Waals surface area contributed by atoms with Gasteiger partial charge in [0.05, 0.1) is 89.5 Å². The highest BCUT2D eigenvalue weighted by molar-refractivity contribution is 7.99. The summed E-state index contributed by atoms with van der Waals surface area (Å²) in [5.41, 5.74) is 12.6. The van der Waals surface area contributed by atoms with Gasteiger partial charge in [-0.25, -0.2) is 9.97 Å². The smallest absolute Gasteiger partial charge is 0.423 e. The number of nitrogens with two attached hydrogens (primary N) is 2. The molecule has 6 aromatic rings. The van der Waals surface area contributed by atoms with Gasteiger partial charge in [-0.2, -0.15) is 32.3 Å². The van der Waals surface area contributed by atoms with Crippen molar-refractivity contribution in [1.82, 2.24) is 39.0 Å². The van der Waals surface area contributed by atoms with Crippen molar-refractivity contribution < 1.29 is 55.6 Å². The van der Waals surface area contributed by atoms with Gasteiger partial charge >= 0.3 is 31.4 Å². The van der Waals surface area contributed by atoms with Gasteiger partial charge in [-0.05, 0) is 10.9 Å². The third-order valence-electron chi connectivity index (χ3n) is 11.3. The highest BCUT2D eigenvalue weighted by atomic mass is 32.2. The van der Waals surface area contributed by atoms with E-state index >= 15 is 0 Å². The first-order valence-corrected chi connectivity index (χ1v) is 26.2. The summed E-state index contributed by atoms with van der Waals surface area (Å²) in [4.78, 5) is 47.1. The first-order valence-electron chi connectivity index (χ1n) is 22.9. The standard InChI is InChI=1S/C42H48B2N12O14P2S/c45-13-7-15-60-71(64-22-28-21-29(68-43(59)26-9-3-1-4-10-26)39(66-28)55-24-49-31-35(55)51-41(47)53-37(31)57)62-17-19-73-20-18-63-72(61-16-8-14-46)65-23-30-33-34(70-44(69-33)27-11-5-2-6-12-27)40(67-30)56-25-50-32-36(56)52-42(48)54-38(32)58/h1-6,9-12,24-25,28-30,33-34,39-40,59H,7-8,15-23H2,(H3,47,51,53,57)(H3,48,52,54,58)/t28-,29?,30+,33+,34+,39+,40+,71?,72?/m0/s1. The lowest BCUT2D eigenvalue weighted by Crippen LogP contribution is -2.39. The molecule has 3 aliphatic rings. The number of benzene rings is 2. The second kappa shape index (κ2) is 25.2. The maximum absolute atomic E-state index is 12.6. The van der Waals surface area contributed by atoms with Crippen molar-refractivity contribution >= 4 is 88.4 Å². The SMILES string of the molecule is N#CCCOP(OCCSCCOP(OCCC#N)OC[C@H]1O[C@@H](n2cnc3c(=O)[nH]c(N)nc32)[C@@H]2OB(c3ccccc3)O[C@@H]21)OC[C@@H]1CC(OB(O)c2ccccc2)[C@H](n2cnc3c(=O)[nH]c(N)nc32)O1. The summed E-state index contributed by atoms with van der Waals surface area (Å²) in [6.07, 6.45) is -1.74. The molecule has 3 fully saturated rings. The topological polar surface area (TPSA) is 349 Å². The number of aromatic nitrogens is 8. The van der Waals surface area contributed by atoms with E-state index in [1.165, 1.54) is 29.0 Å². The Morgan fingerprint density at radius 1 is 0.753 bits per heavy atom. The fourth-order valence-electron chi connectivity index (χ4n) is 8.05. The summed E-state index contributed by atoms with van der Waals surface area (Å²) in [5.74, 6) is 0.825. The van der Waals surface area contributed by atoms with Crippen molar-refractivity contribution in [2.45, 2.75) is 62.2 Å². The Bertz CT molecular complexity index is 2980. The summed E-state index contributed by atoms with van der Waals surface area (Å²) < 4.78 is 70.9. The van der Waals surface area contributed by atoms with Gasteiger partial charge in [-0.3, -0.25) is 28.7 Å². The lowest BCUT2D eigenvalue weighted by Gasteiger charge is -2.22. The number of nitrogens with zero attached hydrogens (tertiary/aromatic N) is 8. The molecule has 0 aliphatic carbocycles. The van der Waals surface area contributed by atoms with Crippen LogP contribution in [0.25, 0.3) is 22.3 Å². The van der Waals surface area contributed by atoms with Crippen LogP contribution in [0.15, 0.2) is 82.9 Å². The average Bonchev–Trinajstić information content (AvgIpc) is 4.24. The van der Waals surface area contributed by atoms with Crippen molar-refractivity contribution in [3.8, 4) is 12.1 Å². The number of rotatable bonds is 26. The van der Waals surface area contributed by atoms with E-state index in [2.05, 4.69) is 36.0 Å². The van der Waals surface area contributed by atoms with Gasteiger partial charge in [-0.1, -0.05) is 60.7 Å². The quantitative estimate of drug-likeness (QED) is 0.0293. The number of imidazole rings is 2. The molecule has 7 N–H and O–H groups in total. The lowest BCUT2D eigenvalue weighted by molar-refractivity contribution is -0.0556. The molecule has 2 aromatic carbocycles. The van der Waals surface area contributed by atoms with Crippen molar-refractivity contribution in [2.75, 3.05) is 62.6 Å². The van der Waals surface area contributed by atoms with Crippen molar-refractivity contribution in [2.24, 2.45) is 0 Å². The van der Waals surface area contributed by atoms with Gasteiger partial charge in [0.1, 0.15) is 18.3 Å². The number of nitrogens with one attached hydrogen (secondary N) is 2. The van der Waals surface area contributed by atoms with E-state index < -0.39 is 85.5 Å². The second-order valence-corrected chi connectivity index (χ2v) is 19.9. The molecule has 4 aromatic heterocycles. The molecule has 0 bridgehead atoms. The van der Waals surface area contributed by atoms with Crippen LogP contribution in [0, 0.1) is 22.7 Å². The Kier molecular flexibility index (Phi) is 18.1. The molecule has 382 valence electrons. The summed E-state index contributed by atoms with van der Waals surface area (Å²) in [6, 6.07) is 22.4. The molecule has 26 nitrogen and oxygen atoms in total. The minimum absolute atomic E-state index is 0.0101. The lowest BCUT2D eigenvalue weighted by atomic mass is 9.79. The summed E-state index contributed by atoms with van der Waals surface area (Å²) >= 11 is 1.52. The molecule has 0 amide bonds. The Labute approximate surface area is 423 Å². The second-order valence-electron chi connectivity index (χ2n) is 16.2. The molecule has 3 saturated heterocycles. The van der Waals surface area contributed by atoms with Crippen LogP contribution < -0.4 is 33.5 Å². The van der Waals surface area contributed by atoms with E-state index in [1.807, 2.05) is 42.5 Å². The summed E-state index contributed by atoms with van der Waals surface area (Å²) in [5, 5.41) is 29.4. The van der Waals surface area contributed by atoms with Crippen LogP contribution in [0.4, 0.5) is 11.9 Å². The van der Waals surface area contributed by atoms with Gasteiger partial charge in [-0.15, -0.1) is 0 Å². The molecule has 0 radical (unpaired) electrons. The van der Waals surface area contributed by atoms with Gasteiger partial charge in [0, 0.05) is 17.9 Å². The van der Waals surface area contributed by atoms with Gasteiger partial charge in [0.2, 0.25) is 11.9 Å². The Balaban J connectivity index is 0.771. The Hall–Kier alpha value is -5.42. The Morgan fingerprint density at radius 2 is 1.30 bits per heavy atom. The van der Waals surface area contributed by atoms with Crippen LogP contribution >= 0.6 is 29.0 Å². The number of nitriles is 2. The summed E-state index contributed by atoms with van der Waals surface area (Å²) in [7, 11) is -5.90. The minimum atomic E-state index is -1.95. The van der Waals surface area contributed by atoms with Gasteiger partial charge < -0.3 is 67.1 Å². The van der Waals surface area contributed by atoms with E-state index in [9.17, 15) is 25.1 Å². The predicted molar refractivity (Wildman–Crippen MR) is 265 cm³/mol. The predicted octanol–water partition coefficient (Wildman–Crippen LogP) is 1.67. The zero-order chi connectivity index (χ0) is 50.7. The number of aromatic amines is 2. The van der Waals surface area contributed by atoms with E-state index in [4.69, 9.17) is 62.0 Å². The molecule has 73 heavy (non-hydrogen) atoms. The molecule has 0 saturated carbocycles. The molecular weight excluding hydrogens is 1010 g/mol. The zero-order valence-corrected chi connectivity index (χ0v) is 41.3. The number of hydrogen-bond donors (Lipinski definition) is 5. The number of H-pyrrole nitrogens is 2. The van der Waals surface area contributed by atoms with E-state index in [-0.39, 0.29) is 93.1 Å². The number of thioether (sulfide) groups is 1. The van der Waals surface area contributed by atoms with E-state index in [0.29, 0.717) is 17.0 Å². The molecule has 31 heteroatoms. The van der Waals surface area contributed by atoms with Crippen molar-refractivity contribution in [3.05, 3.63) is 94.0 Å². The maximum atomic E-state index is 12.6. The normalized spacial score (nSPS) is 22.4. The zero-order valence-electron chi connectivity index (χ0n) is 38.7. The summed E-state index contributed by atoms with van der Waals surface area (Å²) in [6.45, 7) is 0.528. The third kappa shape index (κ3) is 12.9. The fourth-order valence-corrected chi connectivity index (χ4v) is 10.9. The van der Waals surface area contributed by atoms with Crippen molar-refractivity contribution in [3.63, 3.8) is 0 Å². The first-order chi connectivity index (χ1) is 35.7. The number of ether oxygens (including phenoxy) is 2. The molecular formula is C42H48B2N12O14P2S. The molecule has 9 rings (SSSR count). The van der Waals surface area contributed by atoms with E-state index in [0.717, 1.165) is 5.46 Å². The van der Waals surface area contributed by atoms with Crippen LogP contribution in [0.1, 0.15) is 31.7 Å². The molecule has 0 spiro atoms. The number of fused-ring (bicyclic) bond motifs is 3. The van der Waals surface area contributed by atoms with Crippen LogP contribution in [0.2, 0.25) is 0 Å². The van der Waals surface area contributed by atoms with Crippen LogP contribution in [-0.2, 0) is 50.6 Å². The van der Waals surface area contributed by atoms with Crippen LogP contribution in [-0.4, -0.2) is 140 Å². The largest absolute Gasteiger partial charge is 0.494 e. The number of hydrogen-bond acceptors (Lipinski definition) is 23. The first kappa shape index (κ1) is 52.4. The van der Waals surface area contributed by atoms with Gasteiger partial charge in [0.15, 0.2) is 34.8 Å². The Morgan fingerprint density at radius 3 is 1.90 bits per heavy atom. The van der Waals surface area contributed by atoms with Crippen LogP contribution in [0.3, 0.4) is 0 Å². The molecule has 3 aliphatic heterocycles. The number of nitrogen functional groups attached to an aromatic ring is 2. The minimum Gasteiger partial charge on any atom is -0.423 e. The number of anilines is 2. The van der Waals surface area contributed by atoms with Crippen molar-refractivity contribution in [1.29, 1.82) is 10.5 Å². The van der Waals surface area contributed by atoms with E-state index in [1.54, 1.807) is 28.8 Å². The highest BCUT2D eigenvalue weighted by Gasteiger charge is 2.55. The molecule has 9 atom stereocenters. The highest BCUT2D eigenvalue weighted by Crippen LogP contribution is 2.45.